The lowest BCUT2D eigenvalue weighted by Crippen LogP contribution is -2.39. The number of alkyl halides is 3. The molecule has 0 spiro atoms. The monoisotopic (exact) mass is 372 g/mol. The number of likely N-dealkylation sites (N-methyl/N-ethyl adjacent to an activating group) is 1. The molecular formula is C18H17F5N2O. The van der Waals surface area contributed by atoms with Crippen LogP contribution in [0.25, 0.3) is 0 Å². The van der Waals surface area contributed by atoms with E-state index in [-0.39, 0.29) is 17.8 Å². The summed E-state index contributed by atoms with van der Waals surface area (Å²) in [5, 5.41) is 2.24. The van der Waals surface area contributed by atoms with Crippen LogP contribution < -0.4 is 5.32 Å². The van der Waals surface area contributed by atoms with Gasteiger partial charge in [0.25, 0.3) is 0 Å². The maximum atomic E-state index is 13.6. The molecule has 0 aliphatic carbocycles. The predicted molar refractivity (Wildman–Crippen MR) is 87.4 cm³/mol. The van der Waals surface area contributed by atoms with Crippen molar-refractivity contribution in [1.29, 1.82) is 0 Å². The number of nitrogens with one attached hydrogen (secondary N) is 1. The van der Waals surface area contributed by atoms with Gasteiger partial charge in [-0.1, -0.05) is 18.2 Å². The molecule has 0 fully saturated rings. The lowest BCUT2D eigenvalue weighted by Gasteiger charge is -2.25. The Hall–Kier alpha value is -2.48. The van der Waals surface area contributed by atoms with Crippen LogP contribution in [0.1, 0.15) is 18.1 Å². The summed E-state index contributed by atoms with van der Waals surface area (Å²) in [5.74, 6) is -2.19. The number of nitrogens with zero attached hydrogens (tertiary/aromatic N) is 1. The lowest BCUT2D eigenvalue weighted by atomic mass is 10.1. The molecule has 140 valence electrons. The lowest BCUT2D eigenvalue weighted by molar-refractivity contribution is -0.138. The number of anilines is 1. The highest BCUT2D eigenvalue weighted by molar-refractivity contribution is 5.94. The van der Waals surface area contributed by atoms with Crippen LogP contribution in [-0.2, 0) is 17.5 Å². The molecule has 0 heterocycles. The Bertz CT molecular complexity index is 791. The zero-order valence-corrected chi connectivity index (χ0v) is 14.1. The highest BCUT2D eigenvalue weighted by atomic mass is 19.4. The summed E-state index contributed by atoms with van der Waals surface area (Å²) in [7, 11) is 1.47. The quantitative estimate of drug-likeness (QED) is 0.787. The van der Waals surface area contributed by atoms with Gasteiger partial charge in [-0.15, -0.1) is 0 Å². The van der Waals surface area contributed by atoms with Crippen molar-refractivity contribution in [3.8, 4) is 0 Å². The van der Waals surface area contributed by atoms with Gasteiger partial charge in [0.2, 0.25) is 5.91 Å². The van der Waals surface area contributed by atoms with Crippen molar-refractivity contribution in [3.05, 3.63) is 65.2 Å². The summed E-state index contributed by atoms with van der Waals surface area (Å²) in [5.41, 5.74) is -1.10. The summed E-state index contributed by atoms with van der Waals surface area (Å²) in [6.07, 6.45) is -4.51. The molecule has 0 bridgehead atoms. The first-order chi connectivity index (χ1) is 12.1. The minimum absolute atomic E-state index is 0.0130. The second-order valence-corrected chi connectivity index (χ2v) is 5.86. The van der Waals surface area contributed by atoms with Crippen molar-refractivity contribution in [1.82, 2.24) is 4.90 Å². The summed E-state index contributed by atoms with van der Waals surface area (Å²) in [4.78, 5) is 13.6. The molecule has 1 amide bonds. The van der Waals surface area contributed by atoms with Crippen LogP contribution in [0.4, 0.5) is 27.6 Å². The van der Waals surface area contributed by atoms with Crippen LogP contribution in [0.3, 0.4) is 0 Å². The number of benzene rings is 2. The Labute approximate surface area is 147 Å². The van der Waals surface area contributed by atoms with E-state index in [1.54, 1.807) is 0 Å². The minimum atomic E-state index is -4.51. The standard InChI is InChI=1S/C18H17F5N2O/c1-11(17(26)24-16-9-13(19)7-8-15(16)20)25(2)10-12-5-3-4-6-14(12)18(21,22)23/h3-9,11H,10H2,1-2H3,(H,24,26). The maximum Gasteiger partial charge on any atom is 0.416 e. The summed E-state index contributed by atoms with van der Waals surface area (Å²) in [6, 6.07) is 6.80. The molecule has 1 N–H and O–H groups in total. The van der Waals surface area contributed by atoms with E-state index in [2.05, 4.69) is 5.32 Å². The van der Waals surface area contributed by atoms with Crippen LogP contribution >= 0.6 is 0 Å². The Morgan fingerprint density at radius 2 is 1.81 bits per heavy atom. The van der Waals surface area contributed by atoms with E-state index in [0.29, 0.717) is 0 Å². The van der Waals surface area contributed by atoms with Crippen molar-refractivity contribution in [3.63, 3.8) is 0 Å². The molecule has 0 aliphatic heterocycles. The average Bonchev–Trinajstić information content (AvgIpc) is 2.56. The van der Waals surface area contributed by atoms with Crippen molar-refractivity contribution in [2.45, 2.75) is 25.7 Å². The molecule has 0 saturated heterocycles. The SMILES string of the molecule is CC(C(=O)Nc1cc(F)ccc1F)N(C)Cc1ccccc1C(F)(F)F. The number of carbonyl (C=O) groups is 1. The fraction of sp³-hybridized carbons (Fsp3) is 0.278. The first-order valence-electron chi connectivity index (χ1n) is 7.71. The Balaban J connectivity index is 2.11. The molecule has 8 heteroatoms. The van der Waals surface area contributed by atoms with E-state index < -0.39 is 35.3 Å². The third kappa shape index (κ3) is 4.78. The van der Waals surface area contributed by atoms with Crippen molar-refractivity contribution < 1.29 is 26.7 Å². The van der Waals surface area contributed by atoms with Crippen LogP contribution in [0.5, 0.6) is 0 Å². The van der Waals surface area contributed by atoms with Gasteiger partial charge in [0.1, 0.15) is 11.6 Å². The van der Waals surface area contributed by atoms with Crippen LogP contribution in [-0.4, -0.2) is 23.9 Å². The highest BCUT2D eigenvalue weighted by Crippen LogP contribution is 2.32. The van der Waals surface area contributed by atoms with Gasteiger partial charge < -0.3 is 5.32 Å². The zero-order valence-electron chi connectivity index (χ0n) is 14.1. The molecule has 2 aromatic carbocycles. The predicted octanol–water partition coefficient (Wildman–Crippen LogP) is 4.44. The molecular weight excluding hydrogens is 355 g/mol. The minimum Gasteiger partial charge on any atom is -0.322 e. The molecule has 26 heavy (non-hydrogen) atoms. The molecule has 1 atom stereocenters. The average molecular weight is 372 g/mol. The van der Waals surface area contributed by atoms with Crippen LogP contribution in [0.15, 0.2) is 42.5 Å². The first-order valence-corrected chi connectivity index (χ1v) is 7.71. The molecule has 1 unspecified atom stereocenters. The Kier molecular flexibility index (Phi) is 5.97. The van der Waals surface area contributed by atoms with Gasteiger partial charge in [-0.2, -0.15) is 13.2 Å². The number of halogens is 5. The third-order valence-corrected chi connectivity index (χ3v) is 3.97. The third-order valence-electron chi connectivity index (χ3n) is 3.97. The Morgan fingerprint density at radius 1 is 1.15 bits per heavy atom. The molecule has 0 radical (unpaired) electrons. The van der Waals surface area contributed by atoms with Gasteiger partial charge in [-0.05, 0) is 37.7 Å². The number of carbonyl (C=O) groups excluding carboxylic acids is 1. The summed E-state index contributed by atoms with van der Waals surface area (Å²) in [6.45, 7) is 1.32. The summed E-state index contributed by atoms with van der Waals surface area (Å²) < 4.78 is 65.9. The number of rotatable bonds is 5. The second-order valence-electron chi connectivity index (χ2n) is 5.86. The normalized spacial score (nSPS) is 12.9. The number of amides is 1. The Morgan fingerprint density at radius 3 is 2.46 bits per heavy atom. The van der Waals surface area contributed by atoms with Crippen molar-refractivity contribution in [2.24, 2.45) is 0 Å². The van der Waals surface area contributed by atoms with Gasteiger partial charge in [-0.3, -0.25) is 9.69 Å². The fourth-order valence-electron chi connectivity index (χ4n) is 2.37. The molecule has 0 aromatic heterocycles. The van der Waals surface area contributed by atoms with E-state index in [9.17, 15) is 26.7 Å². The van der Waals surface area contributed by atoms with E-state index in [0.717, 1.165) is 24.3 Å². The molecule has 0 saturated carbocycles. The van der Waals surface area contributed by atoms with E-state index in [4.69, 9.17) is 0 Å². The highest BCUT2D eigenvalue weighted by Gasteiger charge is 2.33. The van der Waals surface area contributed by atoms with Gasteiger partial charge >= 0.3 is 6.18 Å². The largest absolute Gasteiger partial charge is 0.416 e. The van der Waals surface area contributed by atoms with Gasteiger partial charge in [0.05, 0.1) is 17.3 Å². The maximum absolute atomic E-state index is 13.6. The fourth-order valence-corrected chi connectivity index (χ4v) is 2.37. The van der Waals surface area contributed by atoms with Crippen LogP contribution in [0.2, 0.25) is 0 Å². The van der Waals surface area contributed by atoms with Crippen molar-refractivity contribution >= 4 is 11.6 Å². The number of hydrogen-bond acceptors (Lipinski definition) is 2. The number of hydrogen-bond donors (Lipinski definition) is 1. The molecule has 0 aliphatic rings. The van der Waals surface area contributed by atoms with Gasteiger partial charge in [0, 0.05) is 12.6 Å². The van der Waals surface area contributed by atoms with E-state index >= 15 is 0 Å². The van der Waals surface area contributed by atoms with Crippen LogP contribution in [0, 0.1) is 11.6 Å². The smallest absolute Gasteiger partial charge is 0.322 e. The topological polar surface area (TPSA) is 32.3 Å². The second kappa shape index (κ2) is 7.82. The van der Waals surface area contributed by atoms with Crippen molar-refractivity contribution in [2.75, 3.05) is 12.4 Å². The van der Waals surface area contributed by atoms with Gasteiger partial charge in [0.15, 0.2) is 0 Å². The summed E-state index contributed by atoms with van der Waals surface area (Å²) >= 11 is 0. The zero-order chi connectivity index (χ0) is 19.5. The molecule has 2 aromatic rings. The van der Waals surface area contributed by atoms with Gasteiger partial charge in [-0.25, -0.2) is 8.78 Å². The van der Waals surface area contributed by atoms with E-state index in [1.165, 1.54) is 37.1 Å². The molecule has 3 nitrogen and oxygen atoms in total. The molecule has 2 rings (SSSR count). The van der Waals surface area contributed by atoms with E-state index in [1.807, 2.05) is 0 Å². The first kappa shape index (κ1) is 19.8.